The Labute approximate surface area is 113 Å². The highest BCUT2D eigenvalue weighted by Gasteiger charge is 2.10. The molecule has 4 heteroatoms. The molecule has 0 aromatic heterocycles. The molecule has 4 nitrogen and oxygen atoms in total. The molecule has 0 aliphatic heterocycles. The van der Waals surface area contributed by atoms with E-state index in [1.807, 2.05) is 0 Å². The maximum atomic E-state index is 5.50. The van der Waals surface area contributed by atoms with E-state index in [1.165, 1.54) is 6.42 Å². The van der Waals surface area contributed by atoms with Gasteiger partial charge in [0.1, 0.15) is 0 Å². The summed E-state index contributed by atoms with van der Waals surface area (Å²) in [6.45, 7) is 13.2. The van der Waals surface area contributed by atoms with Gasteiger partial charge in [0.05, 0.1) is 13.2 Å². The third-order valence-electron chi connectivity index (χ3n) is 3.08. The van der Waals surface area contributed by atoms with Crippen LogP contribution < -0.4 is 5.32 Å². The van der Waals surface area contributed by atoms with Crippen LogP contribution in [-0.4, -0.2) is 64.1 Å². The van der Waals surface area contributed by atoms with Crippen LogP contribution in [0, 0.1) is 0 Å². The molecule has 110 valence electrons. The van der Waals surface area contributed by atoms with Crippen molar-refractivity contribution >= 4 is 0 Å². The van der Waals surface area contributed by atoms with E-state index >= 15 is 0 Å². The van der Waals surface area contributed by atoms with Gasteiger partial charge in [-0.15, -0.1) is 0 Å². The number of hydrogen-bond donors (Lipinski definition) is 1. The molecule has 0 aromatic rings. The van der Waals surface area contributed by atoms with Crippen LogP contribution in [0.2, 0.25) is 0 Å². The monoisotopic (exact) mass is 260 g/mol. The minimum absolute atomic E-state index is 0.489. The predicted octanol–water partition coefficient (Wildman–Crippen LogP) is 1.75. The Bertz CT molecular complexity index is 168. The Morgan fingerprint density at radius 3 is 2.56 bits per heavy atom. The number of methoxy groups -OCH3 is 1. The summed E-state index contributed by atoms with van der Waals surface area (Å²) in [5.74, 6) is 0. The van der Waals surface area contributed by atoms with E-state index in [-0.39, 0.29) is 0 Å². The van der Waals surface area contributed by atoms with Crippen LogP contribution in [0.15, 0.2) is 0 Å². The highest BCUT2D eigenvalue weighted by atomic mass is 16.5. The first kappa shape index (κ1) is 17.8. The van der Waals surface area contributed by atoms with Crippen molar-refractivity contribution in [1.82, 2.24) is 10.2 Å². The summed E-state index contributed by atoms with van der Waals surface area (Å²) in [6.07, 6.45) is 2.37. The molecule has 0 aliphatic carbocycles. The van der Waals surface area contributed by atoms with Crippen molar-refractivity contribution < 1.29 is 9.47 Å². The zero-order chi connectivity index (χ0) is 13.6. The molecule has 0 heterocycles. The van der Waals surface area contributed by atoms with Crippen LogP contribution in [0.3, 0.4) is 0 Å². The van der Waals surface area contributed by atoms with Crippen LogP contribution in [0.1, 0.15) is 33.6 Å². The average molecular weight is 260 g/mol. The highest BCUT2D eigenvalue weighted by Crippen LogP contribution is 1.97. The first-order valence-electron chi connectivity index (χ1n) is 7.27. The largest absolute Gasteiger partial charge is 0.383 e. The van der Waals surface area contributed by atoms with Crippen molar-refractivity contribution in [2.24, 2.45) is 0 Å². The normalized spacial score (nSPS) is 13.2. The number of hydrogen-bond acceptors (Lipinski definition) is 4. The van der Waals surface area contributed by atoms with Crippen LogP contribution in [0.25, 0.3) is 0 Å². The van der Waals surface area contributed by atoms with Gasteiger partial charge >= 0.3 is 0 Å². The number of nitrogens with one attached hydrogen (secondary N) is 1. The number of unbranched alkanes of at least 4 members (excludes halogenated alkanes) is 1. The van der Waals surface area contributed by atoms with Crippen molar-refractivity contribution in [3.63, 3.8) is 0 Å². The van der Waals surface area contributed by atoms with Gasteiger partial charge in [0, 0.05) is 39.4 Å². The van der Waals surface area contributed by atoms with Crippen molar-refractivity contribution in [3.8, 4) is 0 Å². The lowest BCUT2D eigenvalue weighted by Crippen LogP contribution is -2.40. The van der Waals surface area contributed by atoms with Gasteiger partial charge in [-0.05, 0) is 19.9 Å². The van der Waals surface area contributed by atoms with E-state index < -0.39 is 0 Å². The van der Waals surface area contributed by atoms with Crippen LogP contribution in [0.5, 0.6) is 0 Å². The smallest absolute Gasteiger partial charge is 0.0615 e. The molecule has 18 heavy (non-hydrogen) atoms. The van der Waals surface area contributed by atoms with Gasteiger partial charge < -0.3 is 14.8 Å². The van der Waals surface area contributed by atoms with Gasteiger partial charge in [-0.1, -0.05) is 20.3 Å². The second-order valence-electron chi connectivity index (χ2n) is 4.65. The summed E-state index contributed by atoms with van der Waals surface area (Å²) in [5.41, 5.74) is 0. The molecule has 1 atom stereocenters. The summed E-state index contributed by atoms with van der Waals surface area (Å²) in [4.78, 5) is 2.43. The Hall–Kier alpha value is -0.160. The first-order chi connectivity index (χ1) is 8.76. The molecule has 0 spiro atoms. The zero-order valence-corrected chi connectivity index (χ0v) is 12.7. The van der Waals surface area contributed by atoms with E-state index in [0.29, 0.717) is 6.04 Å². The summed E-state index contributed by atoms with van der Waals surface area (Å²) in [7, 11) is 1.76. The summed E-state index contributed by atoms with van der Waals surface area (Å²) in [6, 6.07) is 0.489. The molecule has 0 aliphatic rings. The van der Waals surface area contributed by atoms with Gasteiger partial charge in [0.15, 0.2) is 0 Å². The lowest BCUT2D eigenvalue weighted by molar-refractivity contribution is 0.101. The lowest BCUT2D eigenvalue weighted by Gasteiger charge is -2.27. The standard InChI is InChI=1S/C14H32N2O2/c1-5-7-11-18-12-9-15-8-10-16(6-2)14(3)13-17-4/h14-15H,5-13H2,1-4H3. The molecule has 0 fully saturated rings. The summed E-state index contributed by atoms with van der Waals surface area (Å²) < 4.78 is 10.7. The maximum Gasteiger partial charge on any atom is 0.0615 e. The topological polar surface area (TPSA) is 33.7 Å². The van der Waals surface area contributed by atoms with Crippen molar-refractivity contribution in [1.29, 1.82) is 0 Å². The van der Waals surface area contributed by atoms with E-state index in [1.54, 1.807) is 7.11 Å². The first-order valence-corrected chi connectivity index (χ1v) is 7.27. The number of ether oxygens (including phenoxy) is 2. The number of rotatable bonds is 13. The molecule has 0 saturated carbocycles. The third-order valence-corrected chi connectivity index (χ3v) is 3.08. The van der Waals surface area contributed by atoms with Crippen molar-refractivity contribution in [2.45, 2.75) is 39.7 Å². The molecule has 0 saturated heterocycles. The molecule has 0 aromatic carbocycles. The molecule has 0 bridgehead atoms. The maximum absolute atomic E-state index is 5.50. The molecule has 0 radical (unpaired) electrons. The van der Waals surface area contributed by atoms with Gasteiger partial charge in [-0.3, -0.25) is 4.90 Å². The van der Waals surface area contributed by atoms with Gasteiger partial charge in [0.2, 0.25) is 0 Å². The molecule has 1 N–H and O–H groups in total. The third kappa shape index (κ3) is 9.83. The molecule has 0 amide bonds. The SMILES string of the molecule is CCCCOCCNCCN(CC)C(C)COC. The Morgan fingerprint density at radius 1 is 1.17 bits per heavy atom. The fourth-order valence-electron chi connectivity index (χ4n) is 1.88. The van der Waals surface area contributed by atoms with Crippen LogP contribution >= 0.6 is 0 Å². The minimum Gasteiger partial charge on any atom is -0.383 e. The second-order valence-corrected chi connectivity index (χ2v) is 4.65. The Morgan fingerprint density at radius 2 is 1.94 bits per heavy atom. The summed E-state index contributed by atoms with van der Waals surface area (Å²) >= 11 is 0. The van der Waals surface area contributed by atoms with Crippen LogP contribution in [-0.2, 0) is 9.47 Å². The quantitative estimate of drug-likeness (QED) is 0.512. The number of likely N-dealkylation sites (N-methyl/N-ethyl adjacent to an activating group) is 1. The fourth-order valence-corrected chi connectivity index (χ4v) is 1.88. The van der Waals surface area contributed by atoms with E-state index in [2.05, 4.69) is 31.0 Å². The Kier molecular flexibility index (Phi) is 13.2. The van der Waals surface area contributed by atoms with Crippen molar-refractivity contribution in [3.05, 3.63) is 0 Å². The van der Waals surface area contributed by atoms with E-state index in [4.69, 9.17) is 9.47 Å². The zero-order valence-electron chi connectivity index (χ0n) is 12.7. The number of nitrogens with zero attached hydrogens (tertiary/aromatic N) is 1. The lowest BCUT2D eigenvalue weighted by atomic mass is 10.3. The average Bonchev–Trinajstić information content (AvgIpc) is 2.37. The summed E-state index contributed by atoms with van der Waals surface area (Å²) in [5, 5.41) is 3.42. The van der Waals surface area contributed by atoms with Gasteiger partial charge in [-0.25, -0.2) is 0 Å². The fraction of sp³-hybridized carbons (Fsp3) is 1.00. The van der Waals surface area contributed by atoms with Gasteiger partial charge in [-0.2, -0.15) is 0 Å². The molecular weight excluding hydrogens is 228 g/mol. The molecule has 0 rings (SSSR count). The predicted molar refractivity (Wildman–Crippen MR) is 77.2 cm³/mol. The second kappa shape index (κ2) is 13.3. The Balaban J connectivity index is 3.39. The van der Waals surface area contributed by atoms with E-state index in [9.17, 15) is 0 Å². The van der Waals surface area contributed by atoms with Crippen molar-refractivity contribution in [2.75, 3.05) is 53.1 Å². The molecule has 1 unspecified atom stereocenters. The van der Waals surface area contributed by atoms with Crippen LogP contribution in [0.4, 0.5) is 0 Å². The molecular formula is C14H32N2O2. The van der Waals surface area contributed by atoms with Gasteiger partial charge in [0.25, 0.3) is 0 Å². The highest BCUT2D eigenvalue weighted by molar-refractivity contribution is 4.66. The minimum atomic E-state index is 0.489. The van der Waals surface area contributed by atoms with E-state index in [0.717, 1.165) is 52.4 Å².